The van der Waals surface area contributed by atoms with Gasteiger partial charge in [0.1, 0.15) is 0 Å². The minimum Gasteiger partial charge on any atom is -0.366 e. The SMILES string of the molecule is NC(=O)c1ccc2c(c1)[C@H]1[C@H]3CC[C@@H]3[C@@H]3[C@@H]2[C@@H]13. The second-order valence-corrected chi connectivity index (χ2v) is 6.32. The van der Waals surface area contributed by atoms with Crippen molar-refractivity contribution in [3.8, 4) is 0 Å². The first-order chi connectivity index (χ1) is 8.27. The summed E-state index contributed by atoms with van der Waals surface area (Å²) in [6, 6.07) is 6.19. The molecule has 3 saturated carbocycles. The summed E-state index contributed by atoms with van der Waals surface area (Å²) in [5.74, 6) is 5.23. The van der Waals surface area contributed by atoms with Crippen molar-refractivity contribution in [1.29, 1.82) is 0 Å². The molecule has 0 spiro atoms. The quantitative estimate of drug-likeness (QED) is 0.782. The minimum atomic E-state index is -0.284. The molecule has 0 heterocycles. The van der Waals surface area contributed by atoms with Crippen molar-refractivity contribution < 1.29 is 4.79 Å². The maximum atomic E-state index is 11.3. The highest BCUT2D eigenvalue weighted by Gasteiger charge is 2.73. The molecule has 1 amide bonds. The maximum Gasteiger partial charge on any atom is 0.248 e. The molecule has 1 aromatic rings. The van der Waals surface area contributed by atoms with Gasteiger partial charge in [0, 0.05) is 5.56 Å². The third-order valence-electron chi connectivity index (χ3n) is 5.98. The molecule has 17 heavy (non-hydrogen) atoms. The molecule has 2 N–H and O–H groups in total. The molecular weight excluding hydrogens is 210 g/mol. The van der Waals surface area contributed by atoms with Gasteiger partial charge >= 0.3 is 0 Å². The zero-order valence-corrected chi connectivity index (χ0v) is 9.60. The smallest absolute Gasteiger partial charge is 0.248 e. The summed E-state index contributed by atoms with van der Waals surface area (Å²) in [6.07, 6.45) is 2.87. The second kappa shape index (κ2) is 2.43. The Morgan fingerprint density at radius 2 is 1.88 bits per heavy atom. The number of carbonyl (C=O) groups is 1. The summed E-state index contributed by atoms with van der Waals surface area (Å²) < 4.78 is 0. The number of hydrogen-bond donors (Lipinski definition) is 1. The fraction of sp³-hybridized carbons (Fsp3) is 0.533. The number of rotatable bonds is 1. The van der Waals surface area contributed by atoms with Gasteiger partial charge in [0.25, 0.3) is 0 Å². The molecule has 6 atom stereocenters. The van der Waals surface area contributed by atoms with Gasteiger partial charge in [-0.1, -0.05) is 6.07 Å². The summed E-state index contributed by atoms with van der Waals surface area (Å²) in [5.41, 5.74) is 9.10. The Bertz CT molecular complexity index is 564. The van der Waals surface area contributed by atoms with Crippen LogP contribution in [0.3, 0.4) is 0 Å². The first-order valence-electron chi connectivity index (χ1n) is 6.71. The van der Waals surface area contributed by atoms with E-state index in [1.807, 2.05) is 6.07 Å². The van der Waals surface area contributed by atoms with Crippen molar-refractivity contribution in [3.63, 3.8) is 0 Å². The van der Waals surface area contributed by atoms with Gasteiger partial charge < -0.3 is 5.73 Å². The number of carbonyl (C=O) groups excluding carboxylic acids is 1. The van der Waals surface area contributed by atoms with E-state index >= 15 is 0 Å². The molecule has 1 aromatic carbocycles. The Labute approximate surface area is 100 Å². The van der Waals surface area contributed by atoms with Crippen LogP contribution in [0.25, 0.3) is 0 Å². The molecule has 0 saturated heterocycles. The van der Waals surface area contributed by atoms with Gasteiger partial charge in [0.15, 0.2) is 0 Å². The van der Waals surface area contributed by atoms with E-state index in [0.717, 1.165) is 35.5 Å². The average molecular weight is 225 g/mol. The number of benzene rings is 1. The zero-order chi connectivity index (χ0) is 11.3. The molecule has 0 unspecified atom stereocenters. The monoisotopic (exact) mass is 225 g/mol. The van der Waals surface area contributed by atoms with Gasteiger partial charge in [-0.2, -0.15) is 0 Å². The lowest BCUT2D eigenvalue weighted by Crippen LogP contribution is -2.27. The summed E-state index contributed by atoms with van der Waals surface area (Å²) in [7, 11) is 0. The van der Waals surface area contributed by atoms with Crippen LogP contribution in [0.1, 0.15) is 46.2 Å². The van der Waals surface area contributed by atoms with Crippen molar-refractivity contribution in [1.82, 2.24) is 0 Å². The van der Waals surface area contributed by atoms with Crippen LogP contribution in [-0.2, 0) is 0 Å². The van der Waals surface area contributed by atoms with Gasteiger partial charge in [0.2, 0.25) is 5.91 Å². The van der Waals surface area contributed by atoms with E-state index in [2.05, 4.69) is 12.1 Å². The molecule has 0 aromatic heterocycles. The lowest BCUT2D eigenvalue weighted by atomic mass is 9.69. The average Bonchev–Trinajstić information content (AvgIpc) is 2.81. The topological polar surface area (TPSA) is 43.1 Å². The summed E-state index contributed by atoms with van der Waals surface area (Å²) in [6.45, 7) is 0. The highest BCUT2D eigenvalue weighted by Crippen LogP contribution is 2.81. The van der Waals surface area contributed by atoms with E-state index < -0.39 is 0 Å². The van der Waals surface area contributed by atoms with Gasteiger partial charge in [-0.3, -0.25) is 4.79 Å². The largest absolute Gasteiger partial charge is 0.366 e. The predicted octanol–water partition coefficient (Wildman–Crippen LogP) is 2.25. The third kappa shape index (κ3) is 0.791. The molecule has 5 rings (SSSR count). The molecule has 4 aliphatic rings. The fourth-order valence-electron chi connectivity index (χ4n) is 5.31. The Kier molecular flexibility index (Phi) is 1.25. The second-order valence-electron chi connectivity index (χ2n) is 6.32. The van der Waals surface area contributed by atoms with Crippen LogP contribution in [-0.4, -0.2) is 5.91 Å². The van der Waals surface area contributed by atoms with Crippen LogP contribution in [0.15, 0.2) is 18.2 Å². The standard InChI is InChI=1S/C15H15NO/c16-15(17)6-1-2-9-10(5-6)11-7-3-4-8(7)12-13(9)14(11)12/h1-2,5,7-8,11-14H,3-4H2,(H2,16,17)/t7-,8-,11+,12+,13+,14-/m0/s1. The molecule has 2 heteroatoms. The van der Waals surface area contributed by atoms with E-state index in [1.165, 1.54) is 18.4 Å². The molecule has 0 aliphatic heterocycles. The van der Waals surface area contributed by atoms with Gasteiger partial charge in [0.05, 0.1) is 0 Å². The van der Waals surface area contributed by atoms with Crippen LogP contribution >= 0.6 is 0 Å². The fourth-order valence-corrected chi connectivity index (χ4v) is 5.31. The molecule has 0 bridgehead atoms. The molecule has 2 nitrogen and oxygen atoms in total. The Balaban J connectivity index is 1.69. The lowest BCUT2D eigenvalue weighted by molar-refractivity contribution is 0.1000. The van der Waals surface area contributed by atoms with E-state index in [1.54, 1.807) is 5.56 Å². The third-order valence-corrected chi connectivity index (χ3v) is 5.98. The van der Waals surface area contributed by atoms with E-state index in [9.17, 15) is 4.79 Å². The summed E-state index contributed by atoms with van der Waals surface area (Å²) >= 11 is 0. The van der Waals surface area contributed by atoms with Crippen LogP contribution < -0.4 is 5.73 Å². The van der Waals surface area contributed by atoms with Crippen molar-refractivity contribution in [3.05, 3.63) is 34.9 Å². The predicted molar refractivity (Wildman–Crippen MR) is 63.6 cm³/mol. The number of amides is 1. The van der Waals surface area contributed by atoms with Crippen molar-refractivity contribution >= 4 is 5.91 Å². The van der Waals surface area contributed by atoms with E-state index in [-0.39, 0.29) is 5.91 Å². The molecule has 4 aliphatic carbocycles. The van der Waals surface area contributed by atoms with Crippen molar-refractivity contribution in [2.45, 2.75) is 24.7 Å². The van der Waals surface area contributed by atoms with E-state index in [4.69, 9.17) is 5.73 Å². The van der Waals surface area contributed by atoms with Crippen LogP contribution in [0, 0.1) is 23.7 Å². The van der Waals surface area contributed by atoms with Crippen LogP contribution in [0.5, 0.6) is 0 Å². The normalized spacial score (nSPS) is 46.8. The summed E-state index contributed by atoms with van der Waals surface area (Å²) in [5, 5.41) is 0. The van der Waals surface area contributed by atoms with Gasteiger partial charge in [-0.25, -0.2) is 0 Å². The minimum absolute atomic E-state index is 0.284. The van der Waals surface area contributed by atoms with Crippen LogP contribution in [0.4, 0.5) is 0 Å². The van der Waals surface area contributed by atoms with Gasteiger partial charge in [-0.05, 0) is 71.6 Å². The summed E-state index contributed by atoms with van der Waals surface area (Å²) in [4.78, 5) is 11.3. The van der Waals surface area contributed by atoms with Gasteiger partial charge in [-0.15, -0.1) is 0 Å². The highest BCUT2D eigenvalue weighted by molar-refractivity contribution is 5.93. The first kappa shape index (κ1) is 8.73. The molecule has 3 fully saturated rings. The number of nitrogens with two attached hydrogens (primary N) is 1. The Morgan fingerprint density at radius 3 is 2.59 bits per heavy atom. The molecule has 86 valence electrons. The Hall–Kier alpha value is -1.31. The number of fused-ring (bicyclic) bond motifs is 7. The highest BCUT2D eigenvalue weighted by atomic mass is 16.1. The molecular formula is C15H15NO. The lowest BCUT2D eigenvalue weighted by Gasteiger charge is -2.36. The first-order valence-corrected chi connectivity index (χ1v) is 6.71. The number of primary amides is 1. The van der Waals surface area contributed by atoms with Crippen LogP contribution in [0.2, 0.25) is 0 Å². The molecule has 0 radical (unpaired) electrons. The maximum absolute atomic E-state index is 11.3. The number of hydrogen-bond acceptors (Lipinski definition) is 1. The van der Waals surface area contributed by atoms with E-state index in [0.29, 0.717) is 5.56 Å². The van der Waals surface area contributed by atoms with Crippen molar-refractivity contribution in [2.75, 3.05) is 0 Å². The Morgan fingerprint density at radius 1 is 1.06 bits per heavy atom. The zero-order valence-electron chi connectivity index (χ0n) is 9.60. The van der Waals surface area contributed by atoms with Crippen molar-refractivity contribution in [2.24, 2.45) is 29.4 Å².